The summed E-state index contributed by atoms with van der Waals surface area (Å²) in [6.45, 7) is 7.43. The number of benzene rings is 1. The van der Waals surface area contributed by atoms with Crippen molar-refractivity contribution in [2.45, 2.75) is 77.7 Å². The molecular weight excluding hydrogens is 376 g/mol. The fraction of sp³-hybridized carbons (Fsp3) is 0.571. The van der Waals surface area contributed by atoms with Crippen LogP contribution in [0, 0.1) is 0 Å². The van der Waals surface area contributed by atoms with E-state index < -0.39 is 29.6 Å². The van der Waals surface area contributed by atoms with E-state index in [2.05, 4.69) is 5.32 Å². The maximum absolute atomic E-state index is 12.1. The first kappa shape index (κ1) is 24.4. The van der Waals surface area contributed by atoms with E-state index in [0.717, 1.165) is 11.1 Å². The highest BCUT2D eigenvalue weighted by atomic mass is 16.6. The van der Waals surface area contributed by atoms with Gasteiger partial charge in [0, 0.05) is 12.8 Å². The van der Waals surface area contributed by atoms with E-state index in [0.29, 0.717) is 19.4 Å². The lowest BCUT2D eigenvalue weighted by Gasteiger charge is -2.27. The molecule has 0 aliphatic heterocycles. The number of carbonyl (C=O) groups is 3. The molecule has 162 valence electrons. The first-order chi connectivity index (χ1) is 13.5. The van der Waals surface area contributed by atoms with Gasteiger partial charge in [-0.25, -0.2) is 4.79 Å². The Morgan fingerprint density at radius 1 is 1.10 bits per heavy atom. The maximum atomic E-state index is 12.1. The first-order valence-electron chi connectivity index (χ1n) is 9.65. The van der Waals surface area contributed by atoms with Gasteiger partial charge < -0.3 is 25.6 Å². The Hall–Kier alpha value is -2.61. The van der Waals surface area contributed by atoms with Crippen LogP contribution in [0.3, 0.4) is 0 Å². The summed E-state index contributed by atoms with van der Waals surface area (Å²) in [5.74, 6) is -1.28. The summed E-state index contributed by atoms with van der Waals surface area (Å²) in [4.78, 5) is 33.9. The van der Waals surface area contributed by atoms with E-state index >= 15 is 0 Å². The molecule has 0 aliphatic carbocycles. The van der Waals surface area contributed by atoms with Crippen LogP contribution in [-0.4, -0.2) is 40.8 Å². The average Bonchev–Trinajstić information content (AvgIpc) is 2.60. The minimum Gasteiger partial charge on any atom is -0.481 e. The number of rotatable bonds is 11. The smallest absolute Gasteiger partial charge is 0.407 e. The highest BCUT2D eigenvalue weighted by molar-refractivity contribution is 5.74. The Morgan fingerprint density at radius 2 is 1.69 bits per heavy atom. The molecule has 0 aromatic heterocycles. The third kappa shape index (κ3) is 11.1. The monoisotopic (exact) mass is 408 g/mol. The number of hydrogen-bond donors (Lipinski definition) is 3. The second kappa shape index (κ2) is 11.4. The highest BCUT2D eigenvalue weighted by Gasteiger charge is 2.24. The lowest BCUT2D eigenvalue weighted by atomic mass is 10.1. The van der Waals surface area contributed by atoms with E-state index in [1.807, 2.05) is 31.2 Å². The number of nitrogens with one attached hydrogen (secondary N) is 1. The molecule has 0 fully saturated rings. The summed E-state index contributed by atoms with van der Waals surface area (Å²) < 4.78 is 11.2. The molecule has 1 rings (SSSR count). The maximum Gasteiger partial charge on any atom is 0.407 e. The lowest BCUT2D eigenvalue weighted by molar-refractivity contribution is -0.137. The Bertz CT molecular complexity index is 681. The van der Waals surface area contributed by atoms with E-state index in [9.17, 15) is 14.4 Å². The van der Waals surface area contributed by atoms with Crippen LogP contribution in [0.4, 0.5) is 4.79 Å². The summed E-state index contributed by atoms with van der Waals surface area (Å²) in [6, 6.07) is 7.06. The number of amides is 2. The molecule has 8 nitrogen and oxygen atoms in total. The summed E-state index contributed by atoms with van der Waals surface area (Å²) in [5.41, 5.74) is 6.46. The zero-order valence-electron chi connectivity index (χ0n) is 17.6. The van der Waals surface area contributed by atoms with Gasteiger partial charge in [0.25, 0.3) is 0 Å². The number of primary amides is 1. The Balaban J connectivity index is 2.63. The summed E-state index contributed by atoms with van der Waals surface area (Å²) in [6.07, 6.45) is 0.0573. The minimum absolute atomic E-state index is 0.0881. The van der Waals surface area contributed by atoms with Gasteiger partial charge in [-0.05, 0) is 51.7 Å². The molecule has 0 heterocycles. The van der Waals surface area contributed by atoms with Crippen molar-refractivity contribution >= 4 is 18.0 Å². The van der Waals surface area contributed by atoms with Crippen LogP contribution in [0.2, 0.25) is 0 Å². The number of ether oxygens (including phenoxy) is 2. The topological polar surface area (TPSA) is 128 Å². The molecule has 0 bridgehead atoms. The molecule has 0 radical (unpaired) electrons. The number of nitrogens with two attached hydrogens (primary N) is 1. The van der Waals surface area contributed by atoms with Crippen LogP contribution in [0.5, 0.6) is 0 Å². The first-order valence-corrected chi connectivity index (χ1v) is 9.65. The number of carboxylic acids is 1. The second-order valence-electron chi connectivity index (χ2n) is 7.98. The Morgan fingerprint density at radius 3 is 2.21 bits per heavy atom. The number of carbonyl (C=O) groups excluding carboxylic acids is 2. The highest BCUT2D eigenvalue weighted by Crippen LogP contribution is 2.14. The average molecular weight is 408 g/mol. The molecule has 0 unspecified atom stereocenters. The molecule has 2 atom stereocenters. The predicted molar refractivity (Wildman–Crippen MR) is 108 cm³/mol. The Kier molecular flexibility index (Phi) is 9.61. The minimum atomic E-state index is -0.828. The van der Waals surface area contributed by atoms with Crippen LogP contribution in [0.25, 0.3) is 0 Å². The van der Waals surface area contributed by atoms with Crippen molar-refractivity contribution in [2.75, 3.05) is 0 Å². The van der Waals surface area contributed by atoms with E-state index in [1.165, 1.54) is 0 Å². The van der Waals surface area contributed by atoms with Crippen LogP contribution in [0.1, 0.15) is 58.1 Å². The fourth-order valence-electron chi connectivity index (χ4n) is 2.58. The molecule has 4 N–H and O–H groups in total. The SMILES string of the molecule is C[C@@H](OCc1ccc(CCC(=O)O)cc1)[C@H](CCC(N)=O)NC(=O)OC(C)(C)C. The van der Waals surface area contributed by atoms with Gasteiger partial charge in [-0.1, -0.05) is 24.3 Å². The normalized spacial score (nSPS) is 13.4. The third-order valence-electron chi connectivity index (χ3n) is 4.13. The van der Waals surface area contributed by atoms with Gasteiger partial charge >= 0.3 is 12.1 Å². The zero-order chi connectivity index (χ0) is 22.0. The molecule has 0 saturated heterocycles. The summed E-state index contributed by atoms with van der Waals surface area (Å²) >= 11 is 0. The number of aliphatic carboxylic acids is 1. The third-order valence-corrected chi connectivity index (χ3v) is 4.13. The van der Waals surface area contributed by atoms with Gasteiger partial charge in [-0.2, -0.15) is 0 Å². The lowest BCUT2D eigenvalue weighted by Crippen LogP contribution is -2.45. The molecule has 1 aromatic rings. The van der Waals surface area contributed by atoms with Gasteiger partial charge in [-0.3, -0.25) is 9.59 Å². The van der Waals surface area contributed by atoms with Gasteiger partial charge in [0.05, 0.1) is 18.8 Å². The van der Waals surface area contributed by atoms with Crippen molar-refractivity contribution in [2.24, 2.45) is 5.73 Å². The van der Waals surface area contributed by atoms with Gasteiger partial charge in [0.1, 0.15) is 5.60 Å². The van der Waals surface area contributed by atoms with Crippen LogP contribution in [-0.2, 0) is 32.1 Å². The van der Waals surface area contributed by atoms with Gasteiger partial charge in [0.15, 0.2) is 0 Å². The van der Waals surface area contributed by atoms with Crippen LogP contribution >= 0.6 is 0 Å². The van der Waals surface area contributed by atoms with E-state index in [1.54, 1.807) is 20.8 Å². The quantitative estimate of drug-likeness (QED) is 0.516. The summed E-state index contributed by atoms with van der Waals surface area (Å²) in [7, 11) is 0. The molecule has 0 spiro atoms. The molecule has 0 aliphatic rings. The Labute approximate surface area is 171 Å². The van der Waals surface area contributed by atoms with E-state index in [4.69, 9.17) is 20.3 Å². The van der Waals surface area contributed by atoms with Crippen molar-refractivity contribution in [1.82, 2.24) is 5.32 Å². The van der Waals surface area contributed by atoms with E-state index in [-0.39, 0.29) is 18.9 Å². The standard InChI is InChI=1S/C21H32N2O6/c1-14(17(10-11-18(22)24)23-20(27)29-21(2,3)4)28-13-16-7-5-15(6-8-16)9-12-19(25)26/h5-8,14,17H,9-13H2,1-4H3,(H2,22,24)(H,23,27)(H,25,26)/t14-,17+/m1/s1. The molecule has 29 heavy (non-hydrogen) atoms. The molecular formula is C21H32N2O6. The number of aryl methyl sites for hydroxylation is 1. The van der Waals surface area contributed by atoms with Crippen molar-refractivity contribution in [1.29, 1.82) is 0 Å². The second-order valence-corrected chi connectivity index (χ2v) is 7.98. The van der Waals surface area contributed by atoms with Crippen molar-refractivity contribution in [3.05, 3.63) is 35.4 Å². The van der Waals surface area contributed by atoms with Crippen molar-refractivity contribution in [3.63, 3.8) is 0 Å². The van der Waals surface area contributed by atoms with Crippen LogP contribution < -0.4 is 11.1 Å². The molecule has 0 saturated carbocycles. The summed E-state index contributed by atoms with van der Waals surface area (Å²) in [5, 5.41) is 11.5. The number of hydrogen-bond acceptors (Lipinski definition) is 5. The van der Waals surface area contributed by atoms with Gasteiger partial charge in [0.2, 0.25) is 5.91 Å². The van der Waals surface area contributed by atoms with Crippen LogP contribution in [0.15, 0.2) is 24.3 Å². The van der Waals surface area contributed by atoms with Crippen molar-refractivity contribution < 1.29 is 29.0 Å². The molecule has 8 heteroatoms. The fourth-order valence-corrected chi connectivity index (χ4v) is 2.58. The number of alkyl carbamates (subject to hydrolysis) is 1. The van der Waals surface area contributed by atoms with Gasteiger partial charge in [-0.15, -0.1) is 0 Å². The number of carboxylic acid groups (broad SMARTS) is 1. The largest absolute Gasteiger partial charge is 0.481 e. The molecule has 1 aromatic carbocycles. The molecule has 2 amide bonds. The predicted octanol–water partition coefficient (Wildman–Crippen LogP) is 2.77. The van der Waals surface area contributed by atoms with Crippen molar-refractivity contribution in [3.8, 4) is 0 Å². The zero-order valence-corrected chi connectivity index (χ0v) is 17.6.